The number of nitrogens with one attached hydrogen (secondary N) is 2. The third-order valence-electron chi connectivity index (χ3n) is 4.79. The molecule has 0 spiro atoms. The number of halogens is 2. The number of nitrogen functional groups attached to an aromatic ring is 1. The Kier molecular flexibility index (Phi) is 5.02. The molecular weight excluding hydrogens is 384 g/mol. The summed E-state index contributed by atoms with van der Waals surface area (Å²) in [5.41, 5.74) is 11.1. The van der Waals surface area contributed by atoms with Crippen molar-refractivity contribution < 1.29 is 8.78 Å². The number of nitrogens with two attached hydrogens (primary N) is 1. The number of hydrogen-bond donors (Lipinski definition) is 3. The predicted octanol–water partition coefficient (Wildman–Crippen LogP) is 4.51. The highest BCUT2D eigenvalue weighted by Crippen LogP contribution is 2.30. The zero-order chi connectivity index (χ0) is 21.3. The standard InChI is InChI=1S/C23H19F2N5/c1-30-13-17(12-29-30)14-2-5-23(28-11-14)21(10-26)16-6-15(7-19(27)8-16)20-4-3-18(24)9-22(20)25/h2-13,26,28H,27H2,1H3/b23-21+,26-10?. The van der Waals surface area contributed by atoms with Crippen molar-refractivity contribution in [3.8, 4) is 11.1 Å². The van der Waals surface area contributed by atoms with Crippen molar-refractivity contribution in [3.63, 3.8) is 0 Å². The summed E-state index contributed by atoms with van der Waals surface area (Å²) in [6.07, 6.45) is 10.5. The minimum atomic E-state index is -0.671. The molecule has 2 heterocycles. The average molecular weight is 403 g/mol. The van der Waals surface area contributed by atoms with Gasteiger partial charge in [-0.1, -0.05) is 6.08 Å². The first-order chi connectivity index (χ1) is 14.4. The number of nitrogens with zero attached hydrogens (tertiary/aromatic N) is 2. The van der Waals surface area contributed by atoms with Crippen LogP contribution in [0.5, 0.6) is 0 Å². The number of rotatable bonds is 4. The topological polar surface area (TPSA) is 79.7 Å². The summed E-state index contributed by atoms with van der Waals surface area (Å²) in [5.74, 6) is -1.31. The molecule has 5 nitrogen and oxygen atoms in total. The minimum Gasteiger partial charge on any atom is -0.399 e. The minimum absolute atomic E-state index is 0.241. The monoisotopic (exact) mass is 403 g/mol. The number of benzene rings is 2. The van der Waals surface area contributed by atoms with Gasteiger partial charge in [-0.2, -0.15) is 5.10 Å². The van der Waals surface area contributed by atoms with Crippen LogP contribution >= 0.6 is 0 Å². The molecule has 1 aliphatic rings. The molecule has 0 bridgehead atoms. The SMILES string of the molecule is Cn1cc(C2=CN/C(=C(\C=N)c3cc(N)cc(-c4ccc(F)cc4F)c3)C=C2)cn1. The van der Waals surface area contributed by atoms with Gasteiger partial charge in [-0.3, -0.25) is 4.68 Å². The normalized spacial score (nSPS) is 14.8. The van der Waals surface area contributed by atoms with E-state index in [-0.39, 0.29) is 5.56 Å². The Morgan fingerprint density at radius 3 is 2.60 bits per heavy atom. The predicted molar refractivity (Wildman–Crippen MR) is 115 cm³/mol. The van der Waals surface area contributed by atoms with Crippen molar-refractivity contribution in [3.05, 3.63) is 95.6 Å². The molecule has 0 saturated heterocycles. The fourth-order valence-corrected chi connectivity index (χ4v) is 3.35. The number of aromatic nitrogens is 2. The second-order valence-corrected chi connectivity index (χ2v) is 6.92. The van der Waals surface area contributed by atoms with Gasteiger partial charge in [0.15, 0.2) is 0 Å². The molecule has 150 valence electrons. The van der Waals surface area contributed by atoms with Crippen LogP contribution in [0.3, 0.4) is 0 Å². The van der Waals surface area contributed by atoms with E-state index in [4.69, 9.17) is 11.1 Å². The molecule has 2 aromatic carbocycles. The Hall–Kier alpha value is -4.00. The second-order valence-electron chi connectivity index (χ2n) is 6.92. The Bertz CT molecular complexity index is 1230. The van der Waals surface area contributed by atoms with Gasteiger partial charge in [0.25, 0.3) is 0 Å². The first-order valence-corrected chi connectivity index (χ1v) is 9.19. The van der Waals surface area contributed by atoms with Crippen LogP contribution in [-0.4, -0.2) is 16.0 Å². The summed E-state index contributed by atoms with van der Waals surface area (Å²) in [6.45, 7) is 0. The van der Waals surface area contributed by atoms with Crippen LogP contribution < -0.4 is 11.1 Å². The highest BCUT2D eigenvalue weighted by Gasteiger charge is 2.13. The molecular formula is C23H19F2N5. The van der Waals surface area contributed by atoms with Crippen molar-refractivity contribution in [1.82, 2.24) is 15.1 Å². The van der Waals surface area contributed by atoms with Crippen LogP contribution in [0.1, 0.15) is 11.1 Å². The van der Waals surface area contributed by atoms with Crippen LogP contribution in [0.2, 0.25) is 0 Å². The van der Waals surface area contributed by atoms with Crippen LogP contribution in [0.4, 0.5) is 14.5 Å². The first-order valence-electron chi connectivity index (χ1n) is 9.19. The van der Waals surface area contributed by atoms with E-state index in [0.29, 0.717) is 28.1 Å². The van der Waals surface area contributed by atoms with Gasteiger partial charge in [0.1, 0.15) is 11.6 Å². The number of dihydropyridines is 1. The summed E-state index contributed by atoms with van der Waals surface area (Å²) in [5, 5.41) is 15.3. The van der Waals surface area contributed by atoms with Gasteiger partial charge in [-0.25, -0.2) is 8.78 Å². The Morgan fingerprint density at radius 1 is 1.13 bits per heavy atom. The molecule has 0 fully saturated rings. The number of aryl methyl sites for hydroxylation is 1. The van der Waals surface area contributed by atoms with Crippen LogP contribution in [0.15, 0.2) is 72.8 Å². The summed E-state index contributed by atoms with van der Waals surface area (Å²) < 4.78 is 29.3. The van der Waals surface area contributed by atoms with Crippen molar-refractivity contribution >= 4 is 23.0 Å². The van der Waals surface area contributed by atoms with Crippen molar-refractivity contribution in [1.29, 1.82) is 5.41 Å². The molecule has 0 radical (unpaired) electrons. The molecule has 0 unspecified atom stereocenters. The van der Waals surface area contributed by atoms with Crippen molar-refractivity contribution in [2.75, 3.05) is 5.73 Å². The summed E-state index contributed by atoms with van der Waals surface area (Å²) in [7, 11) is 1.85. The fraction of sp³-hybridized carbons (Fsp3) is 0.0435. The number of allylic oxidation sites excluding steroid dienone is 4. The lowest BCUT2D eigenvalue weighted by molar-refractivity contribution is 0.585. The third-order valence-corrected chi connectivity index (χ3v) is 4.79. The zero-order valence-electron chi connectivity index (χ0n) is 16.2. The highest BCUT2D eigenvalue weighted by atomic mass is 19.1. The molecule has 0 amide bonds. The van der Waals surface area contributed by atoms with E-state index in [1.54, 1.807) is 29.1 Å². The second kappa shape index (κ2) is 7.79. The molecule has 4 N–H and O–H groups in total. The van der Waals surface area contributed by atoms with Crippen molar-refractivity contribution in [2.24, 2.45) is 7.05 Å². The smallest absolute Gasteiger partial charge is 0.133 e. The van der Waals surface area contributed by atoms with Gasteiger partial charge in [0.05, 0.1) is 6.20 Å². The van der Waals surface area contributed by atoms with E-state index in [9.17, 15) is 8.78 Å². The van der Waals surface area contributed by atoms with Crippen LogP contribution in [-0.2, 0) is 7.05 Å². The maximum atomic E-state index is 14.3. The van der Waals surface area contributed by atoms with E-state index >= 15 is 0 Å². The lowest BCUT2D eigenvalue weighted by atomic mass is 9.96. The zero-order valence-corrected chi connectivity index (χ0v) is 16.2. The number of hydrogen-bond acceptors (Lipinski definition) is 4. The molecule has 7 heteroatoms. The average Bonchev–Trinajstić information content (AvgIpc) is 3.15. The lowest BCUT2D eigenvalue weighted by Gasteiger charge is -2.16. The van der Waals surface area contributed by atoms with E-state index in [1.165, 1.54) is 18.3 Å². The number of anilines is 1. The van der Waals surface area contributed by atoms with Crippen LogP contribution in [0, 0.1) is 17.0 Å². The van der Waals surface area contributed by atoms with E-state index in [0.717, 1.165) is 17.2 Å². The molecule has 0 saturated carbocycles. The van der Waals surface area contributed by atoms with Crippen LogP contribution in [0.25, 0.3) is 22.3 Å². The van der Waals surface area contributed by atoms with Gasteiger partial charge < -0.3 is 16.5 Å². The highest BCUT2D eigenvalue weighted by molar-refractivity contribution is 6.11. The van der Waals surface area contributed by atoms with E-state index in [1.807, 2.05) is 31.6 Å². The van der Waals surface area contributed by atoms with E-state index in [2.05, 4.69) is 10.4 Å². The fourth-order valence-electron chi connectivity index (χ4n) is 3.35. The van der Waals surface area contributed by atoms with Gasteiger partial charge in [0, 0.05) is 65.4 Å². The Morgan fingerprint density at radius 2 is 1.97 bits per heavy atom. The molecule has 30 heavy (non-hydrogen) atoms. The van der Waals surface area contributed by atoms with Gasteiger partial charge >= 0.3 is 0 Å². The summed E-state index contributed by atoms with van der Waals surface area (Å²) in [4.78, 5) is 0. The largest absolute Gasteiger partial charge is 0.399 e. The first kappa shape index (κ1) is 19.3. The molecule has 3 aromatic rings. The van der Waals surface area contributed by atoms with E-state index < -0.39 is 11.6 Å². The lowest BCUT2D eigenvalue weighted by Crippen LogP contribution is -2.11. The quantitative estimate of drug-likeness (QED) is 0.443. The molecule has 1 aliphatic heterocycles. The molecule has 0 aliphatic carbocycles. The van der Waals surface area contributed by atoms with Gasteiger partial charge in [-0.15, -0.1) is 0 Å². The molecule has 4 rings (SSSR count). The Balaban J connectivity index is 1.72. The third kappa shape index (κ3) is 3.77. The van der Waals surface area contributed by atoms with Crippen molar-refractivity contribution in [2.45, 2.75) is 0 Å². The van der Waals surface area contributed by atoms with Gasteiger partial charge in [0.2, 0.25) is 0 Å². The maximum absolute atomic E-state index is 14.3. The Labute approximate surface area is 172 Å². The summed E-state index contributed by atoms with van der Waals surface area (Å²) in [6, 6.07) is 8.49. The van der Waals surface area contributed by atoms with Gasteiger partial charge in [-0.05, 0) is 47.5 Å². The molecule has 0 atom stereocenters. The molecule has 1 aromatic heterocycles. The summed E-state index contributed by atoms with van der Waals surface area (Å²) >= 11 is 0. The maximum Gasteiger partial charge on any atom is 0.133 e.